The molecule has 1 atom stereocenters. The van der Waals surface area contributed by atoms with E-state index in [-0.39, 0.29) is 46.6 Å². The minimum atomic E-state index is -2.13. The van der Waals surface area contributed by atoms with Crippen LogP contribution in [0.1, 0.15) is 26.2 Å². The molecule has 1 radical (unpaired) electrons. The molecule has 0 aliphatic rings. The number of hydrogen-bond acceptors (Lipinski definition) is 10. The number of nitrogens with one attached hydrogen (secondary N) is 1. The summed E-state index contributed by atoms with van der Waals surface area (Å²) in [5, 5.41) is 45.0. The number of carbonyl (C=O) groups excluding carboxylic acids is 4. The maximum Gasteiger partial charge on any atom is 3.00 e. The Hall–Kier alpha value is -0.681. The molecule has 0 aromatic heterocycles. The fraction of sp³-hybridized carbons (Fsp3) is 0.636. The van der Waals surface area contributed by atoms with Crippen molar-refractivity contribution in [3.8, 4) is 0 Å². The maximum absolute atomic E-state index is 10.8. The van der Waals surface area contributed by atoms with Crippen LogP contribution >= 0.6 is 0 Å². The van der Waals surface area contributed by atoms with Crippen LogP contribution in [0.3, 0.4) is 0 Å². The molecule has 0 fully saturated rings. The molecule has 0 aromatic rings. The number of carboxylic acid groups (broad SMARTS) is 4. The van der Waals surface area contributed by atoms with Crippen molar-refractivity contribution in [1.82, 2.24) is 5.32 Å². The Kier molecular flexibility index (Phi) is 13.0. The summed E-state index contributed by atoms with van der Waals surface area (Å²) < 4.78 is 0. The molecule has 10 nitrogen and oxygen atoms in total. The first-order chi connectivity index (χ1) is 9.42. The maximum atomic E-state index is 10.8. The van der Waals surface area contributed by atoms with Crippen LogP contribution in [0.2, 0.25) is 0 Å². The van der Waals surface area contributed by atoms with Crippen LogP contribution in [0.15, 0.2) is 0 Å². The first kappa shape index (κ1) is 27.2. The predicted octanol–water partition coefficient (Wildman–Crippen LogP) is -9.80. The van der Waals surface area contributed by atoms with Crippen LogP contribution in [0, 0.1) is 0 Å². The number of rotatable bonds is 10. The number of carbonyl (C=O) groups is 4. The molecule has 0 saturated carbocycles. The Morgan fingerprint density at radius 1 is 0.870 bits per heavy atom. The Morgan fingerprint density at radius 3 is 1.48 bits per heavy atom. The van der Waals surface area contributed by atoms with Crippen LogP contribution in [0.5, 0.6) is 0 Å². The van der Waals surface area contributed by atoms with Crippen molar-refractivity contribution in [1.29, 1.82) is 0 Å². The van der Waals surface area contributed by atoms with Crippen LogP contribution in [-0.2, 0) is 36.2 Å². The van der Waals surface area contributed by atoms with E-state index in [0.717, 1.165) is 6.92 Å². The van der Waals surface area contributed by atoms with E-state index in [4.69, 9.17) is 5.73 Å². The Morgan fingerprint density at radius 2 is 1.22 bits per heavy atom. The Balaban J connectivity index is -0.00000200. The zero-order chi connectivity index (χ0) is 16.8. The van der Waals surface area contributed by atoms with Gasteiger partial charge in [0.2, 0.25) is 0 Å². The van der Waals surface area contributed by atoms with Crippen molar-refractivity contribution in [2.45, 2.75) is 37.3 Å². The van der Waals surface area contributed by atoms with Gasteiger partial charge in [-0.25, -0.2) is 0 Å². The molecule has 0 bridgehead atoms. The van der Waals surface area contributed by atoms with Gasteiger partial charge in [-0.3, -0.25) is 0 Å². The molecule has 0 heterocycles. The average Bonchev–Trinajstić information content (AvgIpc) is 2.21. The monoisotopic (exact) mass is 381 g/mol. The fourth-order valence-electron chi connectivity index (χ4n) is 2.00. The van der Waals surface area contributed by atoms with E-state index in [1.54, 1.807) is 0 Å². The molecule has 0 aromatic carbocycles. The van der Waals surface area contributed by atoms with E-state index in [1.807, 2.05) is 0 Å². The zero-order valence-electron chi connectivity index (χ0n) is 12.5. The largest absolute Gasteiger partial charge is 3.00 e. The van der Waals surface area contributed by atoms with Gasteiger partial charge < -0.3 is 50.7 Å². The molecular weight excluding hydrogens is 367 g/mol. The van der Waals surface area contributed by atoms with Crippen molar-refractivity contribution in [3.05, 3.63) is 0 Å². The third kappa shape index (κ3) is 9.26. The first-order valence-corrected chi connectivity index (χ1v) is 5.75. The van der Waals surface area contributed by atoms with Gasteiger partial charge >= 0.3 is 46.6 Å². The molecule has 3 N–H and O–H groups in total. The van der Waals surface area contributed by atoms with Crippen molar-refractivity contribution < 1.29 is 86.2 Å². The molecule has 0 spiro atoms. The summed E-state index contributed by atoms with van der Waals surface area (Å²) in [6.45, 7) is 0.108. The van der Waals surface area contributed by atoms with Gasteiger partial charge in [0.15, 0.2) is 0 Å². The molecule has 125 valence electrons. The van der Waals surface area contributed by atoms with Gasteiger partial charge in [0.25, 0.3) is 0 Å². The summed E-state index contributed by atoms with van der Waals surface area (Å²) in [7, 11) is 0. The van der Waals surface area contributed by atoms with Gasteiger partial charge in [0.1, 0.15) is 0 Å². The zero-order valence-corrected chi connectivity index (χ0v) is 15.6. The third-order valence-electron chi connectivity index (χ3n) is 3.07. The van der Waals surface area contributed by atoms with Crippen molar-refractivity contribution in [3.63, 3.8) is 0 Å². The summed E-state index contributed by atoms with van der Waals surface area (Å²) in [5.41, 5.74) is 1.60. The molecule has 0 amide bonds. The molecular formula is C11H14FeN2NaO8. The van der Waals surface area contributed by atoms with E-state index in [1.165, 1.54) is 0 Å². The minimum absolute atomic E-state index is 0. The average molecular weight is 381 g/mol. The van der Waals surface area contributed by atoms with Crippen LogP contribution in [0.25, 0.3) is 0 Å². The van der Waals surface area contributed by atoms with Crippen molar-refractivity contribution in [2.24, 2.45) is 5.73 Å². The van der Waals surface area contributed by atoms with Crippen molar-refractivity contribution >= 4 is 23.9 Å². The van der Waals surface area contributed by atoms with E-state index in [0.29, 0.717) is 0 Å². The molecule has 23 heavy (non-hydrogen) atoms. The van der Waals surface area contributed by atoms with E-state index in [2.05, 4.69) is 5.32 Å². The topological polar surface area (TPSA) is 199 Å². The molecule has 0 aliphatic carbocycles. The molecule has 12 heteroatoms. The van der Waals surface area contributed by atoms with Gasteiger partial charge in [-0.2, -0.15) is 0 Å². The van der Waals surface area contributed by atoms with E-state index in [9.17, 15) is 39.6 Å². The van der Waals surface area contributed by atoms with Gasteiger partial charge in [-0.15, -0.1) is 0 Å². The summed E-state index contributed by atoms with van der Waals surface area (Å²) in [6.07, 6.45) is -3.02. The van der Waals surface area contributed by atoms with Crippen LogP contribution < -0.4 is 61.0 Å². The Labute approximate surface area is 164 Å². The van der Waals surface area contributed by atoms with Crippen LogP contribution in [0.4, 0.5) is 0 Å². The van der Waals surface area contributed by atoms with Gasteiger partial charge in [0, 0.05) is 54.8 Å². The third-order valence-corrected chi connectivity index (χ3v) is 3.07. The number of hydrogen-bond donors (Lipinski definition) is 2. The van der Waals surface area contributed by atoms with Crippen LogP contribution in [-0.4, -0.2) is 41.5 Å². The smallest absolute Gasteiger partial charge is 0.550 e. The second-order valence-corrected chi connectivity index (χ2v) is 4.87. The quantitative estimate of drug-likeness (QED) is 0.342. The molecule has 1 unspecified atom stereocenters. The summed E-state index contributed by atoms with van der Waals surface area (Å²) >= 11 is 0. The number of nitrogens with two attached hydrogens (primary N) is 1. The second-order valence-electron chi connectivity index (χ2n) is 4.87. The van der Waals surface area contributed by atoms with Gasteiger partial charge in [-0.05, 0) is 6.92 Å². The molecule has 0 aliphatic heterocycles. The number of carboxylic acids is 4. The Bertz CT molecular complexity index is 441. The standard InChI is InChI=1S/C11H18N2O8.Fe.Na/c1-10(12,2-6(14)15)11(3-7(16)17,4-8(18)19)13-5-9(20)21;;/h13H,2-5,12H2,1H3,(H,14,15)(H,16,17)(H,18,19)(H,20,21);;/q;+3;+1/p-4. The summed E-state index contributed by atoms with van der Waals surface area (Å²) in [6, 6.07) is 0. The predicted molar refractivity (Wildman–Crippen MR) is 57.2 cm³/mol. The minimum Gasteiger partial charge on any atom is -0.550 e. The fourth-order valence-corrected chi connectivity index (χ4v) is 2.00. The summed E-state index contributed by atoms with van der Waals surface area (Å²) in [5.74, 6) is -6.84. The second kappa shape index (κ2) is 11.0. The molecule has 0 rings (SSSR count). The summed E-state index contributed by atoms with van der Waals surface area (Å²) in [4.78, 5) is 42.9. The normalized spacial score (nSPS) is 13.0. The van der Waals surface area contributed by atoms with Gasteiger partial charge in [0.05, 0.1) is 5.97 Å². The number of aliphatic carboxylic acids is 4. The first-order valence-electron chi connectivity index (χ1n) is 5.75. The SMILES string of the molecule is CC(N)(CC(=O)[O-])C(CC(=O)[O-])(CC(=O)[O-])NCC(=O)[O-].[Fe+3].[Na+]. The van der Waals surface area contributed by atoms with Crippen molar-refractivity contribution in [2.75, 3.05) is 6.54 Å². The van der Waals surface area contributed by atoms with Gasteiger partial charge in [-0.1, -0.05) is 0 Å². The van der Waals surface area contributed by atoms with E-state index < -0.39 is 60.8 Å². The van der Waals surface area contributed by atoms with E-state index >= 15 is 0 Å². The molecule has 0 saturated heterocycles.